The van der Waals surface area contributed by atoms with Crippen LogP contribution in [0.3, 0.4) is 0 Å². The second-order valence-corrected chi connectivity index (χ2v) is 5.16. The van der Waals surface area contributed by atoms with Crippen LogP contribution in [0.25, 0.3) is 5.69 Å². The standard InChI is InChI=1S/C13H15Cl2N3O/c1-3-4-11-12(16)13(19)18(17(11)2)8-5-6-9(14)10(15)7-8/h5-7H,3-4,16H2,1-2H3. The summed E-state index contributed by atoms with van der Waals surface area (Å²) in [4.78, 5) is 12.2. The van der Waals surface area contributed by atoms with E-state index >= 15 is 0 Å². The number of benzene rings is 1. The van der Waals surface area contributed by atoms with Gasteiger partial charge in [-0.25, -0.2) is 4.68 Å². The lowest BCUT2D eigenvalue weighted by molar-refractivity contribution is 0.610. The first-order valence-electron chi connectivity index (χ1n) is 5.99. The fraction of sp³-hybridized carbons (Fsp3) is 0.308. The number of hydrogen-bond acceptors (Lipinski definition) is 2. The van der Waals surface area contributed by atoms with Crippen LogP contribution in [0, 0.1) is 0 Å². The van der Waals surface area contributed by atoms with Gasteiger partial charge in [0.05, 0.1) is 21.4 Å². The summed E-state index contributed by atoms with van der Waals surface area (Å²) >= 11 is 11.9. The van der Waals surface area contributed by atoms with Gasteiger partial charge in [0.25, 0.3) is 5.56 Å². The highest BCUT2D eigenvalue weighted by molar-refractivity contribution is 6.42. The van der Waals surface area contributed by atoms with Crippen molar-refractivity contribution >= 4 is 28.9 Å². The number of aromatic nitrogens is 2. The van der Waals surface area contributed by atoms with Gasteiger partial charge in [-0.1, -0.05) is 36.5 Å². The van der Waals surface area contributed by atoms with Crippen molar-refractivity contribution in [1.29, 1.82) is 0 Å². The first kappa shape index (κ1) is 14.0. The molecule has 19 heavy (non-hydrogen) atoms. The Balaban J connectivity index is 2.65. The number of halogens is 2. The molecule has 0 amide bonds. The third-order valence-electron chi connectivity index (χ3n) is 3.06. The lowest BCUT2D eigenvalue weighted by atomic mass is 10.2. The average Bonchev–Trinajstić information content (AvgIpc) is 2.58. The van der Waals surface area contributed by atoms with E-state index in [4.69, 9.17) is 28.9 Å². The van der Waals surface area contributed by atoms with Crippen LogP contribution in [0.2, 0.25) is 10.0 Å². The molecule has 0 radical (unpaired) electrons. The molecule has 0 saturated heterocycles. The second-order valence-electron chi connectivity index (χ2n) is 4.35. The maximum atomic E-state index is 12.2. The van der Waals surface area contributed by atoms with E-state index in [9.17, 15) is 4.79 Å². The number of anilines is 1. The maximum absolute atomic E-state index is 12.2. The Morgan fingerprint density at radius 3 is 2.53 bits per heavy atom. The molecule has 1 aromatic heterocycles. The average molecular weight is 300 g/mol. The zero-order valence-electron chi connectivity index (χ0n) is 10.8. The van der Waals surface area contributed by atoms with Crippen molar-refractivity contribution in [2.24, 2.45) is 7.05 Å². The highest BCUT2D eigenvalue weighted by Gasteiger charge is 2.16. The van der Waals surface area contributed by atoms with Gasteiger partial charge in [0, 0.05) is 7.05 Å². The molecule has 1 aromatic carbocycles. The molecule has 2 rings (SSSR count). The SMILES string of the molecule is CCCc1c(N)c(=O)n(-c2ccc(Cl)c(Cl)c2)n1C. The largest absolute Gasteiger partial charge is 0.393 e. The summed E-state index contributed by atoms with van der Waals surface area (Å²) in [5.74, 6) is 0. The molecule has 0 bridgehead atoms. The second kappa shape index (κ2) is 5.31. The lowest BCUT2D eigenvalue weighted by Gasteiger charge is -2.10. The summed E-state index contributed by atoms with van der Waals surface area (Å²) in [5, 5.41) is 0.859. The molecule has 0 aliphatic heterocycles. The molecule has 2 N–H and O–H groups in total. The van der Waals surface area contributed by atoms with Crippen molar-refractivity contribution in [3.8, 4) is 5.69 Å². The summed E-state index contributed by atoms with van der Waals surface area (Å²) in [6.07, 6.45) is 1.68. The molecular weight excluding hydrogens is 285 g/mol. The van der Waals surface area contributed by atoms with E-state index in [1.165, 1.54) is 4.68 Å². The normalized spacial score (nSPS) is 10.9. The summed E-state index contributed by atoms with van der Waals surface area (Å²) in [5.41, 5.74) is 7.42. The maximum Gasteiger partial charge on any atom is 0.294 e. The predicted molar refractivity (Wildman–Crippen MR) is 79.4 cm³/mol. The van der Waals surface area contributed by atoms with Gasteiger partial charge in [-0.2, -0.15) is 0 Å². The molecule has 6 heteroatoms. The van der Waals surface area contributed by atoms with Gasteiger partial charge in [0.15, 0.2) is 0 Å². The Morgan fingerprint density at radius 1 is 1.26 bits per heavy atom. The summed E-state index contributed by atoms with van der Waals surface area (Å²) in [6, 6.07) is 5.06. The van der Waals surface area contributed by atoms with Gasteiger partial charge >= 0.3 is 0 Å². The molecule has 0 atom stereocenters. The van der Waals surface area contributed by atoms with Crippen molar-refractivity contribution in [2.45, 2.75) is 19.8 Å². The molecule has 102 valence electrons. The van der Waals surface area contributed by atoms with E-state index < -0.39 is 0 Å². The number of nitrogens with zero attached hydrogens (tertiary/aromatic N) is 2. The zero-order valence-corrected chi connectivity index (χ0v) is 12.3. The quantitative estimate of drug-likeness (QED) is 0.947. The molecule has 0 aliphatic rings. The van der Waals surface area contributed by atoms with Crippen molar-refractivity contribution in [3.63, 3.8) is 0 Å². The topological polar surface area (TPSA) is 53.0 Å². The van der Waals surface area contributed by atoms with Crippen LogP contribution in [-0.4, -0.2) is 9.36 Å². The van der Waals surface area contributed by atoms with E-state index in [0.29, 0.717) is 15.7 Å². The molecule has 0 fully saturated rings. The van der Waals surface area contributed by atoms with E-state index in [-0.39, 0.29) is 11.2 Å². The Hall–Kier alpha value is -1.39. The van der Waals surface area contributed by atoms with Gasteiger partial charge < -0.3 is 5.73 Å². The molecule has 2 aromatic rings. The van der Waals surface area contributed by atoms with E-state index in [0.717, 1.165) is 18.5 Å². The highest BCUT2D eigenvalue weighted by Crippen LogP contribution is 2.24. The molecule has 0 unspecified atom stereocenters. The van der Waals surface area contributed by atoms with Crippen LogP contribution >= 0.6 is 23.2 Å². The van der Waals surface area contributed by atoms with Crippen molar-refractivity contribution in [3.05, 3.63) is 44.3 Å². The fourth-order valence-corrected chi connectivity index (χ4v) is 2.40. The van der Waals surface area contributed by atoms with Gasteiger partial charge in [-0.3, -0.25) is 9.48 Å². The van der Waals surface area contributed by atoms with Crippen LogP contribution in [-0.2, 0) is 13.5 Å². The highest BCUT2D eigenvalue weighted by atomic mass is 35.5. The van der Waals surface area contributed by atoms with E-state index in [2.05, 4.69) is 0 Å². The Morgan fingerprint density at radius 2 is 1.95 bits per heavy atom. The van der Waals surface area contributed by atoms with Crippen LogP contribution in [0.15, 0.2) is 23.0 Å². The number of nitrogens with two attached hydrogens (primary N) is 1. The molecule has 1 heterocycles. The van der Waals surface area contributed by atoms with Gasteiger partial charge in [0.2, 0.25) is 0 Å². The minimum Gasteiger partial charge on any atom is -0.393 e. The van der Waals surface area contributed by atoms with Crippen LogP contribution in [0.4, 0.5) is 5.69 Å². The molecule has 0 spiro atoms. The molecule has 0 saturated carbocycles. The van der Waals surface area contributed by atoms with Gasteiger partial charge in [-0.05, 0) is 24.6 Å². The lowest BCUT2D eigenvalue weighted by Crippen LogP contribution is -2.20. The molecule has 4 nitrogen and oxygen atoms in total. The minimum absolute atomic E-state index is 0.232. The molecular formula is C13H15Cl2N3O. The van der Waals surface area contributed by atoms with E-state index in [1.807, 2.05) is 14.0 Å². The van der Waals surface area contributed by atoms with Crippen LogP contribution < -0.4 is 11.3 Å². The van der Waals surface area contributed by atoms with Gasteiger partial charge in [-0.15, -0.1) is 0 Å². The van der Waals surface area contributed by atoms with Crippen molar-refractivity contribution in [1.82, 2.24) is 9.36 Å². The van der Waals surface area contributed by atoms with Gasteiger partial charge in [0.1, 0.15) is 5.69 Å². The van der Waals surface area contributed by atoms with Crippen molar-refractivity contribution in [2.75, 3.05) is 5.73 Å². The summed E-state index contributed by atoms with van der Waals surface area (Å²) in [6.45, 7) is 2.04. The van der Waals surface area contributed by atoms with Crippen molar-refractivity contribution < 1.29 is 0 Å². The summed E-state index contributed by atoms with van der Waals surface area (Å²) < 4.78 is 3.27. The van der Waals surface area contributed by atoms with Crippen LogP contribution in [0.5, 0.6) is 0 Å². The first-order chi connectivity index (χ1) is 8.97. The number of rotatable bonds is 3. The minimum atomic E-state index is -0.232. The Labute approximate surface area is 121 Å². The number of hydrogen-bond donors (Lipinski definition) is 1. The van der Waals surface area contributed by atoms with E-state index in [1.54, 1.807) is 22.9 Å². The van der Waals surface area contributed by atoms with Crippen LogP contribution in [0.1, 0.15) is 19.0 Å². The Bertz CT molecular complexity index is 673. The third-order valence-corrected chi connectivity index (χ3v) is 3.80. The molecule has 0 aliphatic carbocycles. The Kier molecular flexibility index (Phi) is 3.92. The summed E-state index contributed by atoms with van der Waals surface area (Å²) in [7, 11) is 1.81. The monoisotopic (exact) mass is 299 g/mol. The fourth-order valence-electron chi connectivity index (χ4n) is 2.11. The third kappa shape index (κ3) is 2.38. The zero-order chi connectivity index (χ0) is 14.2. The first-order valence-corrected chi connectivity index (χ1v) is 6.74. The predicted octanol–water partition coefficient (Wildman–Crippen LogP) is 3.02. The smallest absolute Gasteiger partial charge is 0.294 e. The number of nitrogen functional groups attached to an aromatic ring is 1.